The first-order valence-corrected chi connectivity index (χ1v) is 10.0. The zero-order valence-corrected chi connectivity index (χ0v) is 15.7. The summed E-state index contributed by atoms with van der Waals surface area (Å²) in [5, 5.41) is 12.3. The van der Waals surface area contributed by atoms with Gasteiger partial charge in [0.15, 0.2) is 0 Å². The van der Waals surface area contributed by atoms with Crippen molar-refractivity contribution in [1.82, 2.24) is 0 Å². The van der Waals surface area contributed by atoms with Gasteiger partial charge in [-0.15, -0.1) is 0 Å². The summed E-state index contributed by atoms with van der Waals surface area (Å²) in [5.74, 6) is 0. The van der Waals surface area contributed by atoms with Crippen LogP contribution in [0.1, 0.15) is 51.3 Å². The first kappa shape index (κ1) is 16.8. The Labute approximate surface area is 150 Å². The van der Waals surface area contributed by atoms with E-state index >= 15 is 0 Å². The van der Waals surface area contributed by atoms with Gasteiger partial charge in [0.05, 0.1) is 53.7 Å². The van der Waals surface area contributed by atoms with Gasteiger partial charge in [0.25, 0.3) is 0 Å². The minimum Gasteiger partial charge on any atom is -0.391 e. The molecule has 3 N–H and O–H groups in total. The van der Waals surface area contributed by atoms with Crippen LogP contribution in [0.5, 0.6) is 0 Å². The van der Waals surface area contributed by atoms with Gasteiger partial charge in [-0.3, -0.25) is 9.80 Å². The molecule has 24 heavy (non-hydrogen) atoms. The Balaban J connectivity index is 1.74. The molecule has 1 aromatic carbocycles. The zero-order valence-electron chi connectivity index (χ0n) is 14.9. The number of hydrogen-bond donors (Lipinski definition) is 3. The molecule has 3 nitrogen and oxygen atoms in total. The quantitative estimate of drug-likeness (QED) is 0.729. The van der Waals surface area contributed by atoms with Crippen molar-refractivity contribution in [2.45, 2.75) is 51.8 Å². The van der Waals surface area contributed by atoms with Crippen molar-refractivity contribution < 1.29 is 14.9 Å². The molecular weight excluding hydrogens is 320 g/mol. The molecule has 4 aliphatic heterocycles. The van der Waals surface area contributed by atoms with Crippen LogP contribution in [0.15, 0.2) is 24.3 Å². The van der Waals surface area contributed by atoms with Gasteiger partial charge in [-0.05, 0) is 25.0 Å². The van der Waals surface area contributed by atoms with E-state index in [2.05, 4.69) is 26.0 Å². The highest BCUT2D eigenvalue weighted by atomic mass is 35.5. The molecule has 4 heterocycles. The van der Waals surface area contributed by atoms with Gasteiger partial charge in [-0.25, -0.2) is 0 Å². The summed E-state index contributed by atoms with van der Waals surface area (Å²) in [5.41, 5.74) is 1.53. The van der Waals surface area contributed by atoms with E-state index in [1.54, 1.807) is 9.80 Å². The predicted octanol–water partition coefficient (Wildman–Crippen LogP) is 1.08. The number of aliphatic hydroxyl groups excluding tert-OH is 1. The molecule has 0 amide bonds. The van der Waals surface area contributed by atoms with Crippen LogP contribution < -0.4 is 9.80 Å². The fraction of sp³-hybridized carbons (Fsp3) is 0.700. The second-order valence-electron chi connectivity index (χ2n) is 8.61. The van der Waals surface area contributed by atoms with Crippen LogP contribution in [0.4, 0.5) is 0 Å². The van der Waals surface area contributed by atoms with Gasteiger partial charge in [0.2, 0.25) is 6.17 Å². The minimum atomic E-state index is -0.121. The highest BCUT2D eigenvalue weighted by Crippen LogP contribution is 2.45. The Morgan fingerprint density at radius 2 is 1.50 bits per heavy atom. The molecule has 4 saturated heterocycles. The Bertz CT molecular complexity index is 577. The van der Waals surface area contributed by atoms with E-state index in [1.165, 1.54) is 5.56 Å². The number of halogens is 1. The van der Waals surface area contributed by atoms with Crippen molar-refractivity contribution in [3.05, 3.63) is 34.9 Å². The second kappa shape index (κ2) is 5.98. The van der Waals surface area contributed by atoms with E-state index in [9.17, 15) is 5.11 Å². The lowest BCUT2D eigenvalue weighted by atomic mass is 9.56. The number of aliphatic hydroxyl groups is 1. The predicted molar refractivity (Wildman–Crippen MR) is 96.3 cm³/mol. The topological polar surface area (TPSA) is 29.1 Å². The van der Waals surface area contributed by atoms with E-state index in [0.29, 0.717) is 6.17 Å². The smallest absolute Gasteiger partial charge is 0.241 e. The maximum atomic E-state index is 11.3. The number of piperidine rings is 2. The summed E-state index contributed by atoms with van der Waals surface area (Å²) in [6.07, 6.45) is 4.96. The molecule has 5 rings (SSSR count). The third-order valence-corrected chi connectivity index (χ3v) is 7.35. The summed E-state index contributed by atoms with van der Waals surface area (Å²) >= 11 is 6.56. The molecule has 0 atom stereocenters. The highest BCUT2D eigenvalue weighted by molar-refractivity contribution is 6.31. The minimum absolute atomic E-state index is 0.114. The summed E-state index contributed by atoms with van der Waals surface area (Å²) in [4.78, 5) is 3.31. The standard InChI is InChI=1S/C20H29ClN2O/c1-3-9-19-11-22-13-20(10-4-2,18(19)24)14-23(12-19)17(22)15-7-5-6-8-16(15)21/h5-8,17-18,24H,3-4,9-14H2,1-2H3/p+2. The van der Waals surface area contributed by atoms with Crippen molar-refractivity contribution in [2.75, 3.05) is 26.2 Å². The number of quaternary nitrogens is 2. The van der Waals surface area contributed by atoms with Crippen LogP contribution in [-0.4, -0.2) is 37.4 Å². The summed E-state index contributed by atoms with van der Waals surface area (Å²) in [7, 11) is 0. The first-order valence-electron chi connectivity index (χ1n) is 9.67. The largest absolute Gasteiger partial charge is 0.391 e. The van der Waals surface area contributed by atoms with Crippen LogP contribution >= 0.6 is 11.6 Å². The Morgan fingerprint density at radius 1 is 1.00 bits per heavy atom. The molecule has 4 fully saturated rings. The van der Waals surface area contributed by atoms with Crippen LogP contribution in [0, 0.1) is 10.8 Å². The normalized spacial score (nSPS) is 43.3. The molecule has 4 heteroatoms. The Kier molecular flexibility index (Phi) is 4.20. The summed E-state index contributed by atoms with van der Waals surface area (Å²) in [6, 6.07) is 8.39. The molecule has 4 bridgehead atoms. The molecule has 1 aromatic rings. The average molecular weight is 351 g/mol. The number of hydrogen-bond acceptors (Lipinski definition) is 1. The molecule has 0 aliphatic carbocycles. The van der Waals surface area contributed by atoms with Crippen molar-refractivity contribution in [2.24, 2.45) is 10.8 Å². The molecule has 0 radical (unpaired) electrons. The molecule has 132 valence electrons. The van der Waals surface area contributed by atoms with Gasteiger partial charge in [0.1, 0.15) is 0 Å². The molecular formula is C20H31ClN2O+2. The maximum Gasteiger partial charge on any atom is 0.241 e. The lowest BCUT2D eigenvalue weighted by Gasteiger charge is -2.64. The molecule has 4 aliphatic rings. The van der Waals surface area contributed by atoms with E-state index < -0.39 is 0 Å². The van der Waals surface area contributed by atoms with Gasteiger partial charge < -0.3 is 5.11 Å². The van der Waals surface area contributed by atoms with E-state index in [4.69, 9.17) is 11.6 Å². The molecule has 0 aromatic heterocycles. The number of nitrogens with one attached hydrogen (secondary N) is 2. The zero-order chi connectivity index (χ0) is 16.9. The molecule has 0 unspecified atom stereocenters. The average Bonchev–Trinajstić information content (AvgIpc) is 2.53. The fourth-order valence-electron chi connectivity index (χ4n) is 6.56. The van der Waals surface area contributed by atoms with Crippen molar-refractivity contribution in [3.63, 3.8) is 0 Å². The van der Waals surface area contributed by atoms with Crippen molar-refractivity contribution >= 4 is 11.6 Å². The van der Waals surface area contributed by atoms with E-state index in [0.717, 1.165) is 56.9 Å². The number of benzene rings is 1. The Hall–Kier alpha value is -0.610. The SMILES string of the molecule is CCCC12C[NH+]3CC(CCC)(C[NH+](C1)C3c1ccccc1Cl)C2O. The van der Waals surface area contributed by atoms with Gasteiger partial charge in [0, 0.05) is 0 Å². The van der Waals surface area contributed by atoms with Gasteiger partial charge in [-0.1, -0.05) is 50.4 Å². The monoisotopic (exact) mass is 350 g/mol. The fourth-order valence-corrected chi connectivity index (χ4v) is 6.81. The van der Waals surface area contributed by atoms with E-state index in [1.807, 2.05) is 12.1 Å². The highest BCUT2D eigenvalue weighted by Gasteiger charge is 2.70. The third kappa shape index (κ3) is 2.28. The third-order valence-electron chi connectivity index (χ3n) is 7.01. The molecule has 0 saturated carbocycles. The number of rotatable bonds is 5. The van der Waals surface area contributed by atoms with E-state index in [-0.39, 0.29) is 16.9 Å². The van der Waals surface area contributed by atoms with Crippen LogP contribution in [0.2, 0.25) is 5.02 Å². The lowest BCUT2D eigenvalue weighted by molar-refractivity contribution is -1.19. The first-order chi connectivity index (χ1) is 11.6. The Morgan fingerprint density at radius 3 is 1.96 bits per heavy atom. The maximum absolute atomic E-state index is 11.3. The summed E-state index contributed by atoms with van der Waals surface area (Å²) < 4.78 is 0. The van der Waals surface area contributed by atoms with Gasteiger partial charge in [-0.2, -0.15) is 0 Å². The lowest BCUT2D eigenvalue weighted by Crippen LogP contribution is -3.41. The summed E-state index contributed by atoms with van der Waals surface area (Å²) in [6.45, 7) is 8.94. The second-order valence-corrected chi connectivity index (χ2v) is 9.01. The van der Waals surface area contributed by atoms with Crippen molar-refractivity contribution in [3.8, 4) is 0 Å². The molecule has 0 spiro atoms. The van der Waals surface area contributed by atoms with Gasteiger partial charge >= 0.3 is 0 Å². The van der Waals surface area contributed by atoms with Crippen molar-refractivity contribution in [1.29, 1.82) is 0 Å². The van der Waals surface area contributed by atoms with Crippen LogP contribution in [-0.2, 0) is 0 Å². The van der Waals surface area contributed by atoms with Crippen LogP contribution in [0.25, 0.3) is 0 Å². The van der Waals surface area contributed by atoms with Crippen LogP contribution in [0.3, 0.4) is 0 Å².